The van der Waals surface area contributed by atoms with Crippen molar-refractivity contribution in [2.24, 2.45) is 5.41 Å². The molecule has 0 aliphatic rings. The topological polar surface area (TPSA) is 75.6 Å². The van der Waals surface area contributed by atoms with Crippen LogP contribution >= 0.6 is 31.9 Å². The van der Waals surface area contributed by atoms with Crippen molar-refractivity contribution in [1.82, 2.24) is 5.32 Å². The molecule has 0 fully saturated rings. The molecule has 0 bridgehead atoms. The van der Waals surface area contributed by atoms with Gasteiger partial charge in [-0.2, -0.15) is 0 Å². The maximum atomic E-state index is 11.6. The molecule has 20 heavy (non-hydrogen) atoms. The second kappa shape index (κ2) is 7.08. The van der Waals surface area contributed by atoms with Crippen LogP contribution in [0.25, 0.3) is 0 Å². The third kappa shape index (κ3) is 5.13. The summed E-state index contributed by atoms with van der Waals surface area (Å²) in [6, 6.07) is 5.33. The van der Waals surface area contributed by atoms with E-state index in [9.17, 15) is 9.59 Å². The van der Waals surface area contributed by atoms with Crippen molar-refractivity contribution in [1.29, 1.82) is 0 Å². The zero-order chi connectivity index (χ0) is 15.3. The van der Waals surface area contributed by atoms with Crippen molar-refractivity contribution >= 4 is 43.7 Å². The second-order valence-electron chi connectivity index (χ2n) is 4.83. The summed E-state index contributed by atoms with van der Waals surface area (Å²) in [6.07, 6.45) is 0. The van der Waals surface area contributed by atoms with Gasteiger partial charge >= 0.3 is 5.97 Å². The SMILES string of the molecule is CC(C)(CNC(=O)COc1ccc(Br)cc1Br)C(=O)O. The highest BCUT2D eigenvalue weighted by atomic mass is 79.9. The molecule has 0 aliphatic heterocycles. The standard InChI is InChI=1S/C13H15Br2NO4/c1-13(2,12(18)19)7-16-11(17)6-20-10-4-3-8(14)5-9(10)15/h3-5H,6-7H2,1-2H3,(H,16,17)(H,18,19). The Kier molecular flexibility index (Phi) is 6.01. The summed E-state index contributed by atoms with van der Waals surface area (Å²) in [4.78, 5) is 22.5. The van der Waals surface area contributed by atoms with Crippen LogP contribution in [0.3, 0.4) is 0 Å². The minimum Gasteiger partial charge on any atom is -0.483 e. The van der Waals surface area contributed by atoms with Gasteiger partial charge in [0, 0.05) is 11.0 Å². The van der Waals surface area contributed by atoms with Gasteiger partial charge in [-0.05, 0) is 48.0 Å². The number of aliphatic carboxylic acids is 1. The van der Waals surface area contributed by atoms with Crippen LogP contribution < -0.4 is 10.1 Å². The first kappa shape index (κ1) is 17.0. The molecule has 0 saturated carbocycles. The summed E-state index contributed by atoms with van der Waals surface area (Å²) >= 11 is 6.64. The first-order chi connectivity index (χ1) is 9.22. The highest BCUT2D eigenvalue weighted by Crippen LogP contribution is 2.28. The fourth-order valence-corrected chi connectivity index (χ4v) is 2.34. The van der Waals surface area contributed by atoms with Crippen molar-refractivity contribution in [3.05, 3.63) is 27.1 Å². The van der Waals surface area contributed by atoms with E-state index in [0.717, 1.165) is 8.95 Å². The Morgan fingerprint density at radius 1 is 1.35 bits per heavy atom. The molecular weight excluding hydrogens is 394 g/mol. The lowest BCUT2D eigenvalue weighted by molar-refractivity contribution is -0.146. The molecule has 0 unspecified atom stereocenters. The highest BCUT2D eigenvalue weighted by molar-refractivity contribution is 9.11. The molecule has 0 heterocycles. The average molecular weight is 409 g/mol. The number of nitrogens with one attached hydrogen (secondary N) is 1. The zero-order valence-electron chi connectivity index (χ0n) is 11.1. The van der Waals surface area contributed by atoms with Crippen LogP contribution in [0.2, 0.25) is 0 Å². The molecule has 0 saturated heterocycles. The number of hydrogen-bond donors (Lipinski definition) is 2. The number of carboxylic acids is 1. The van der Waals surface area contributed by atoms with E-state index in [1.165, 1.54) is 0 Å². The summed E-state index contributed by atoms with van der Waals surface area (Å²) in [7, 11) is 0. The fourth-order valence-electron chi connectivity index (χ4n) is 1.18. The lowest BCUT2D eigenvalue weighted by atomic mass is 9.94. The van der Waals surface area contributed by atoms with E-state index in [4.69, 9.17) is 9.84 Å². The van der Waals surface area contributed by atoms with E-state index in [1.807, 2.05) is 0 Å². The quantitative estimate of drug-likeness (QED) is 0.758. The van der Waals surface area contributed by atoms with Gasteiger partial charge in [-0.1, -0.05) is 15.9 Å². The molecule has 5 nitrogen and oxygen atoms in total. The second-order valence-corrected chi connectivity index (χ2v) is 6.60. The van der Waals surface area contributed by atoms with Gasteiger partial charge in [0.15, 0.2) is 6.61 Å². The van der Waals surface area contributed by atoms with Gasteiger partial charge in [0.2, 0.25) is 0 Å². The molecule has 0 radical (unpaired) electrons. The highest BCUT2D eigenvalue weighted by Gasteiger charge is 2.27. The van der Waals surface area contributed by atoms with E-state index >= 15 is 0 Å². The smallest absolute Gasteiger partial charge is 0.310 e. The Bertz CT molecular complexity index is 517. The number of benzene rings is 1. The maximum Gasteiger partial charge on any atom is 0.310 e. The van der Waals surface area contributed by atoms with Crippen LogP contribution in [0.5, 0.6) is 5.75 Å². The number of carbonyl (C=O) groups is 2. The molecule has 0 atom stereocenters. The fraction of sp³-hybridized carbons (Fsp3) is 0.385. The van der Waals surface area contributed by atoms with Gasteiger partial charge in [-0.3, -0.25) is 9.59 Å². The maximum absolute atomic E-state index is 11.6. The van der Waals surface area contributed by atoms with E-state index in [2.05, 4.69) is 37.2 Å². The largest absolute Gasteiger partial charge is 0.483 e. The Hall–Kier alpha value is -1.08. The summed E-state index contributed by atoms with van der Waals surface area (Å²) in [5.74, 6) is -0.788. The number of carboxylic acid groups (broad SMARTS) is 1. The summed E-state index contributed by atoms with van der Waals surface area (Å²) in [6.45, 7) is 2.96. The van der Waals surface area contributed by atoms with Crippen molar-refractivity contribution in [2.75, 3.05) is 13.2 Å². The van der Waals surface area contributed by atoms with Crippen LogP contribution in [-0.4, -0.2) is 30.1 Å². The minimum absolute atomic E-state index is 0.0477. The van der Waals surface area contributed by atoms with E-state index in [0.29, 0.717) is 5.75 Å². The molecule has 1 amide bonds. The zero-order valence-corrected chi connectivity index (χ0v) is 14.2. The van der Waals surface area contributed by atoms with Gasteiger partial charge in [0.05, 0.1) is 9.89 Å². The monoisotopic (exact) mass is 407 g/mol. The van der Waals surface area contributed by atoms with Crippen LogP contribution in [0, 0.1) is 5.41 Å². The molecule has 0 spiro atoms. The molecule has 1 aromatic rings. The lowest BCUT2D eigenvalue weighted by Crippen LogP contribution is -2.40. The number of ether oxygens (including phenoxy) is 1. The van der Waals surface area contributed by atoms with Crippen molar-refractivity contribution in [3.8, 4) is 5.75 Å². The van der Waals surface area contributed by atoms with Crippen molar-refractivity contribution < 1.29 is 19.4 Å². The lowest BCUT2D eigenvalue weighted by Gasteiger charge is -2.19. The average Bonchev–Trinajstić information content (AvgIpc) is 2.35. The van der Waals surface area contributed by atoms with Crippen LogP contribution in [0.1, 0.15) is 13.8 Å². The van der Waals surface area contributed by atoms with Gasteiger partial charge < -0.3 is 15.2 Å². The molecule has 110 valence electrons. The number of carbonyl (C=O) groups excluding carboxylic acids is 1. The summed E-state index contributed by atoms with van der Waals surface area (Å²) < 4.78 is 6.97. The molecule has 7 heteroatoms. The van der Waals surface area contributed by atoms with Gasteiger partial charge in [-0.15, -0.1) is 0 Å². The van der Waals surface area contributed by atoms with Crippen LogP contribution in [0.15, 0.2) is 27.1 Å². The Morgan fingerprint density at radius 2 is 2.00 bits per heavy atom. The number of rotatable bonds is 6. The van der Waals surface area contributed by atoms with Crippen molar-refractivity contribution in [3.63, 3.8) is 0 Å². The Labute approximate surface area is 134 Å². The van der Waals surface area contributed by atoms with Crippen LogP contribution in [0.4, 0.5) is 0 Å². The summed E-state index contributed by atoms with van der Waals surface area (Å²) in [5, 5.41) is 11.5. The van der Waals surface area contributed by atoms with E-state index in [1.54, 1.807) is 32.0 Å². The van der Waals surface area contributed by atoms with Gasteiger partial charge in [0.1, 0.15) is 5.75 Å². The number of hydrogen-bond acceptors (Lipinski definition) is 3. The van der Waals surface area contributed by atoms with Gasteiger partial charge in [0.25, 0.3) is 5.91 Å². The minimum atomic E-state index is -1.01. The summed E-state index contributed by atoms with van der Waals surface area (Å²) in [5.41, 5.74) is -1.01. The van der Waals surface area contributed by atoms with Gasteiger partial charge in [-0.25, -0.2) is 0 Å². The Morgan fingerprint density at radius 3 is 2.55 bits per heavy atom. The molecule has 1 rings (SSSR count). The first-order valence-electron chi connectivity index (χ1n) is 5.80. The van der Waals surface area contributed by atoms with Crippen LogP contribution in [-0.2, 0) is 9.59 Å². The number of halogens is 2. The molecule has 2 N–H and O–H groups in total. The predicted molar refractivity (Wildman–Crippen MR) is 81.8 cm³/mol. The van der Waals surface area contributed by atoms with E-state index in [-0.39, 0.29) is 19.1 Å². The third-order valence-electron chi connectivity index (χ3n) is 2.56. The third-order valence-corrected chi connectivity index (χ3v) is 3.67. The molecule has 0 aliphatic carbocycles. The number of amides is 1. The van der Waals surface area contributed by atoms with E-state index < -0.39 is 11.4 Å². The normalized spacial score (nSPS) is 11.0. The molecular formula is C13H15Br2NO4. The van der Waals surface area contributed by atoms with Crippen molar-refractivity contribution in [2.45, 2.75) is 13.8 Å². The predicted octanol–water partition coefficient (Wildman–Crippen LogP) is 2.82. The Balaban J connectivity index is 2.46. The molecule has 0 aromatic heterocycles. The first-order valence-corrected chi connectivity index (χ1v) is 7.39. The molecule has 1 aromatic carbocycles.